The first kappa shape index (κ1) is 16.2. The van der Waals surface area contributed by atoms with Crippen LogP contribution < -0.4 is 0 Å². The van der Waals surface area contributed by atoms with Crippen molar-refractivity contribution in [2.45, 2.75) is 44.6 Å². The van der Waals surface area contributed by atoms with Gasteiger partial charge in [-0.15, -0.1) is 0 Å². The zero-order valence-corrected chi connectivity index (χ0v) is 12.7. The Morgan fingerprint density at radius 3 is 2.81 bits per heavy atom. The van der Waals surface area contributed by atoms with Crippen LogP contribution in [0.25, 0.3) is 0 Å². The van der Waals surface area contributed by atoms with Crippen LogP contribution in [0, 0.1) is 5.41 Å². The highest BCUT2D eigenvalue weighted by molar-refractivity contribution is 5.80. The van der Waals surface area contributed by atoms with Gasteiger partial charge < -0.3 is 19.5 Å². The molecule has 2 fully saturated rings. The van der Waals surface area contributed by atoms with Gasteiger partial charge in [-0.05, 0) is 32.1 Å². The summed E-state index contributed by atoms with van der Waals surface area (Å²) >= 11 is 0. The molecule has 0 aromatic heterocycles. The van der Waals surface area contributed by atoms with E-state index in [9.17, 15) is 14.7 Å². The van der Waals surface area contributed by atoms with Crippen LogP contribution >= 0.6 is 0 Å². The van der Waals surface area contributed by atoms with E-state index in [0.717, 1.165) is 25.9 Å². The lowest BCUT2D eigenvalue weighted by atomic mass is 9.80. The molecule has 2 rings (SSSR count). The molecule has 6 nitrogen and oxygen atoms in total. The van der Waals surface area contributed by atoms with Gasteiger partial charge in [0.1, 0.15) is 5.41 Å². The van der Waals surface area contributed by atoms with Crippen molar-refractivity contribution in [2.75, 3.05) is 33.4 Å². The van der Waals surface area contributed by atoms with E-state index in [0.29, 0.717) is 25.8 Å². The number of likely N-dealkylation sites (tertiary alicyclic amines) is 1. The van der Waals surface area contributed by atoms with E-state index in [1.807, 2.05) is 0 Å². The molecule has 0 aromatic rings. The van der Waals surface area contributed by atoms with E-state index < -0.39 is 11.4 Å². The molecule has 2 unspecified atom stereocenters. The number of hydrogen-bond acceptors (Lipinski definition) is 4. The second-order valence-corrected chi connectivity index (χ2v) is 6.13. The first-order chi connectivity index (χ1) is 10.1. The van der Waals surface area contributed by atoms with E-state index in [-0.39, 0.29) is 25.2 Å². The molecular formula is C15H25NO5. The Morgan fingerprint density at radius 1 is 1.38 bits per heavy atom. The number of carboxylic acid groups (broad SMARTS) is 1. The SMILES string of the molecule is COCC1(C(=O)O)CCCN(C(=O)CC2CCCCO2)C1. The molecule has 6 heteroatoms. The molecule has 0 aliphatic carbocycles. The summed E-state index contributed by atoms with van der Waals surface area (Å²) in [6.07, 6.45) is 4.69. The van der Waals surface area contributed by atoms with Crippen molar-refractivity contribution < 1.29 is 24.2 Å². The van der Waals surface area contributed by atoms with E-state index >= 15 is 0 Å². The summed E-state index contributed by atoms with van der Waals surface area (Å²) in [5.41, 5.74) is -0.962. The fourth-order valence-corrected chi connectivity index (χ4v) is 3.27. The molecule has 1 N–H and O–H groups in total. The lowest BCUT2D eigenvalue weighted by Gasteiger charge is -2.40. The van der Waals surface area contributed by atoms with Gasteiger partial charge in [0.25, 0.3) is 0 Å². The predicted molar refractivity (Wildman–Crippen MR) is 76.0 cm³/mol. The van der Waals surface area contributed by atoms with Crippen molar-refractivity contribution in [2.24, 2.45) is 5.41 Å². The molecule has 2 aliphatic rings. The minimum atomic E-state index is -0.962. The normalized spacial score (nSPS) is 30.1. The maximum atomic E-state index is 12.4. The molecule has 21 heavy (non-hydrogen) atoms. The lowest BCUT2D eigenvalue weighted by molar-refractivity contribution is -0.159. The summed E-state index contributed by atoms with van der Waals surface area (Å²) in [5, 5.41) is 9.50. The second-order valence-electron chi connectivity index (χ2n) is 6.13. The molecule has 0 spiro atoms. The van der Waals surface area contributed by atoms with Crippen molar-refractivity contribution >= 4 is 11.9 Å². The van der Waals surface area contributed by atoms with E-state index in [1.165, 1.54) is 7.11 Å². The maximum Gasteiger partial charge on any atom is 0.313 e. The smallest absolute Gasteiger partial charge is 0.313 e. The number of rotatable bonds is 5. The Kier molecular flexibility index (Phi) is 5.58. The molecule has 2 aliphatic heterocycles. The van der Waals surface area contributed by atoms with Gasteiger partial charge in [0.05, 0.1) is 19.1 Å². The standard InChI is InChI=1S/C15H25NO5/c1-20-11-15(14(18)19)6-4-7-16(10-15)13(17)9-12-5-2-3-8-21-12/h12H,2-11H2,1H3,(H,18,19). The zero-order valence-electron chi connectivity index (χ0n) is 12.7. The third kappa shape index (κ3) is 3.95. The fourth-order valence-electron chi connectivity index (χ4n) is 3.27. The van der Waals surface area contributed by atoms with Crippen molar-refractivity contribution in [3.05, 3.63) is 0 Å². The van der Waals surface area contributed by atoms with Gasteiger partial charge in [-0.2, -0.15) is 0 Å². The van der Waals surface area contributed by atoms with Gasteiger partial charge in [-0.1, -0.05) is 0 Å². The number of carbonyl (C=O) groups is 2. The van der Waals surface area contributed by atoms with Gasteiger partial charge in [0.15, 0.2) is 0 Å². The number of amides is 1. The Labute approximate surface area is 125 Å². The summed E-state index contributed by atoms with van der Waals surface area (Å²) in [6.45, 7) is 1.73. The van der Waals surface area contributed by atoms with Crippen LogP contribution in [0.2, 0.25) is 0 Å². The maximum absolute atomic E-state index is 12.4. The summed E-state index contributed by atoms with van der Waals surface area (Å²) < 4.78 is 10.7. The number of methoxy groups -OCH3 is 1. The highest BCUT2D eigenvalue weighted by Crippen LogP contribution is 2.31. The second kappa shape index (κ2) is 7.22. The molecule has 1 amide bonds. The fraction of sp³-hybridized carbons (Fsp3) is 0.867. The first-order valence-electron chi connectivity index (χ1n) is 7.69. The Morgan fingerprint density at radius 2 is 2.19 bits per heavy atom. The van der Waals surface area contributed by atoms with Crippen LogP contribution in [0.1, 0.15) is 38.5 Å². The molecule has 0 radical (unpaired) electrons. The van der Waals surface area contributed by atoms with Crippen LogP contribution in [0.3, 0.4) is 0 Å². The topological polar surface area (TPSA) is 76.1 Å². The quantitative estimate of drug-likeness (QED) is 0.827. The number of carboxylic acids is 1. The molecular weight excluding hydrogens is 274 g/mol. The highest BCUT2D eigenvalue weighted by atomic mass is 16.5. The molecule has 120 valence electrons. The number of aliphatic carboxylic acids is 1. The summed E-state index contributed by atoms with van der Waals surface area (Å²) in [6, 6.07) is 0. The largest absolute Gasteiger partial charge is 0.481 e. The molecule has 0 aromatic carbocycles. The van der Waals surface area contributed by atoms with Crippen LogP contribution in [0.4, 0.5) is 0 Å². The molecule has 0 bridgehead atoms. The van der Waals surface area contributed by atoms with Gasteiger partial charge in [0.2, 0.25) is 5.91 Å². The van der Waals surface area contributed by atoms with Crippen LogP contribution in [0.15, 0.2) is 0 Å². The Balaban J connectivity index is 1.95. The average Bonchev–Trinajstić information content (AvgIpc) is 2.48. The van der Waals surface area contributed by atoms with E-state index in [1.54, 1.807) is 4.90 Å². The number of piperidine rings is 1. The van der Waals surface area contributed by atoms with Crippen LogP contribution in [0.5, 0.6) is 0 Å². The highest BCUT2D eigenvalue weighted by Gasteiger charge is 2.44. The van der Waals surface area contributed by atoms with E-state index in [2.05, 4.69) is 0 Å². The molecule has 2 saturated heterocycles. The Hall–Kier alpha value is -1.14. The van der Waals surface area contributed by atoms with Crippen LogP contribution in [-0.2, 0) is 19.1 Å². The van der Waals surface area contributed by atoms with Gasteiger partial charge in [-0.3, -0.25) is 9.59 Å². The third-order valence-corrected chi connectivity index (χ3v) is 4.48. The van der Waals surface area contributed by atoms with Gasteiger partial charge >= 0.3 is 5.97 Å². The summed E-state index contributed by atoms with van der Waals surface area (Å²) in [4.78, 5) is 25.7. The van der Waals surface area contributed by atoms with Crippen LogP contribution in [-0.4, -0.2) is 61.4 Å². The van der Waals surface area contributed by atoms with Gasteiger partial charge in [0, 0.05) is 26.8 Å². The first-order valence-corrected chi connectivity index (χ1v) is 7.69. The number of ether oxygens (including phenoxy) is 2. The number of hydrogen-bond donors (Lipinski definition) is 1. The van der Waals surface area contributed by atoms with Crippen molar-refractivity contribution in [1.29, 1.82) is 0 Å². The van der Waals surface area contributed by atoms with Gasteiger partial charge in [-0.25, -0.2) is 0 Å². The number of carbonyl (C=O) groups excluding carboxylic acids is 1. The predicted octanol–water partition coefficient (Wildman–Crippen LogP) is 1.29. The Bertz CT molecular complexity index is 376. The lowest BCUT2D eigenvalue weighted by Crippen LogP contribution is -2.52. The summed E-state index contributed by atoms with van der Waals surface area (Å²) in [7, 11) is 1.50. The average molecular weight is 299 g/mol. The molecule has 2 heterocycles. The third-order valence-electron chi connectivity index (χ3n) is 4.48. The minimum absolute atomic E-state index is 0.00308. The minimum Gasteiger partial charge on any atom is -0.481 e. The van der Waals surface area contributed by atoms with Crippen molar-refractivity contribution in [3.63, 3.8) is 0 Å². The zero-order chi connectivity index (χ0) is 15.3. The van der Waals surface area contributed by atoms with E-state index in [4.69, 9.17) is 9.47 Å². The van der Waals surface area contributed by atoms with Crippen molar-refractivity contribution in [3.8, 4) is 0 Å². The number of nitrogens with zero attached hydrogens (tertiary/aromatic N) is 1. The monoisotopic (exact) mass is 299 g/mol. The van der Waals surface area contributed by atoms with Crippen molar-refractivity contribution in [1.82, 2.24) is 4.90 Å². The molecule has 0 saturated carbocycles. The summed E-state index contributed by atoms with van der Waals surface area (Å²) in [5.74, 6) is -0.876. The molecule has 2 atom stereocenters.